The lowest BCUT2D eigenvalue weighted by molar-refractivity contribution is -0.144. The summed E-state index contributed by atoms with van der Waals surface area (Å²) in [5.74, 6) is 0.257. The van der Waals surface area contributed by atoms with E-state index < -0.39 is 0 Å². The Morgan fingerprint density at radius 3 is 2.70 bits per heavy atom. The van der Waals surface area contributed by atoms with E-state index in [0.717, 1.165) is 19.3 Å². The molecule has 0 bridgehead atoms. The second-order valence-electron chi connectivity index (χ2n) is 5.89. The second-order valence-corrected chi connectivity index (χ2v) is 5.89. The summed E-state index contributed by atoms with van der Waals surface area (Å²) in [6.45, 7) is 8.13. The van der Waals surface area contributed by atoms with Gasteiger partial charge in [-0.25, -0.2) is 0 Å². The van der Waals surface area contributed by atoms with E-state index >= 15 is 0 Å². The number of likely N-dealkylation sites (tertiary alicyclic amines) is 1. The number of hydrogen-bond acceptors (Lipinski definition) is 3. The SMILES string of the molecule is CCOC(CCN1C(=O)CC2(C)CCCC=C12)OCC. The van der Waals surface area contributed by atoms with Crippen molar-refractivity contribution in [3.05, 3.63) is 11.8 Å². The molecular formula is C16H27NO3. The number of amides is 1. The molecule has 1 atom stereocenters. The van der Waals surface area contributed by atoms with Gasteiger partial charge in [-0.3, -0.25) is 4.79 Å². The van der Waals surface area contributed by atoms with E-state index in [1.807, 2.05) is 18.7 Å². The highest BCUT2D eigenvalue weighted by Crippen LogP contribution is 2.47. The molecule has 0 aromatic carbocycles. The van der Waals surface area contributed by atoms with Gasteiger partial charge in [-0.2, -0.15) is 0 Å². The zero-order chi connectivity index (χ0) is 14.6. The number of ether oxygens (including phenoxy) is 2. The molecule has 0 N–H and O–H groups in total. The standard InChI is InChI=1S/C16H27NO3/c1-4-19-15(20-5-2)9-11-17-13-8-6-7-10-16(13,3)12-14(17)18/h8,15H,4-7,9-12H2,1-3H3. The second kappa shape index (κ2) is 6.72. The van der Waals surface area contributed by atoms with Crippen molar-refractivity contribution in [2.45, 2.75) is 59.2 Å². The van der Waals surface area contributed by atoms with Gasteiger partial charge >= 0.3 is 0 Å². The van der Waals surface area contributed by atoms with E-state index in [-0.39, 0.29) is 17.6 Å². The molecule has 0 aromatic rings. The van der Waals surface area contributed by atoms with Crippen LogP contribution in [-0.4, -0.2) is 36.9 Å². The number of rotatable bonds is 7. The molecule has 1 saturated heterocycles. The summed E-state index contributed by atoms with van der Waals surface area (Å²) < 4.78 is 11.1. The first-order valence-corrected chi connectivity index (χ1v) is 7.85. The first-order chi connectivity index (χ1) is 9.60. The Bertz CT molecular complexity index is 374. The molecule has 1 aliphatic carbocycles. The Labute approximate surface area is 122 Å². The predicted molar refractivity (Wildman–Crippen MR) is 78.0 cm³/mol. The Morgan fingerprint density at radius 1 is 1.35 bits per heavy atom. The van der Waals surface area contributed by atoms with Gasteiger partial charge in [0.1, 0.15) is 0 Å². The summed E-state index contributed by atoms with van der Waals surface area (Å²) in [6, 6.07) is 0. The third kappa shape index (κ3) is 3.23. The minimum Gasteiger partial charge on any atom is -0.353 e. The van der Waals surface area contributed by atoms with Crippen LogP contribution in [-0.2, 0) is 14.3 Å². The normalized spacial score (nSPS) is 26.1. The summed E-state index contributed by atoms with van der Waals surface area (Å²) in [5.41, 5.74) is 1.31. The Kier molecular flexibility index (Phi) is 5.22. The van der Waals surface area contributed by atoms with Gasteiger partial charge in [-0.15, -0.1) is 0 Å². The van der Waals surface area contributed by atoms with Crippen LogP contribution >= 0.6 is 0 Å². The van der Waals surface area contributed by atoms with Crippen LogP contribution < -0.4 is 0 Å². The van der Waals surface area contributed by atoms with Gasteiger partial charge in [0.25, 0.3) is 0 Å². The first kappa shape index (κ1) is 15.5. The van der Waals surface area contributed by atoms with Crippen LogP contribution in [0.2, 0.25) is 0 Å². The van der Waals surface area contributed by atoms with Gasteiger partial charge < -0.3 is 14.4 Å². The van der Waals surface area contributed by atoms with Gasteiger partial charge in [0.15, 0.2) is 6.29 Å². The number of nitrogens with zero attached hydrogens (tertiary/aromatic N) is 1. The topological polar surface area (TPSA) is 38.8 Å². The number of carbonyl (C=O) groups is 1. The van der Waals surface area contributed by atoms with Gasteiger partial charge in [-0.05, 0) is 33.1 Å². The molecule has 2 rings (SSSR count). The molecule has 2 aliphatic rings. The van der Waals surface area contributed by atoms with Gasteiger partial charge in [-0.1, -0.05) is 13.0 Å². The van der Waals surface area contributed by atoms with Crippen LogP contribution in [0.5, 0.6) is 0 Å². The number of allylic oxidation sites excluding steroid dienone is 2. The lowest BCUT2D eigenvalue weighted by Crippen LogP contribution is -2.31. The molecule has 4 nitrogen and oxygen atoms in total. The van der Waals surface area contributed by atoms with Crippen molar-refractivity contribution in [1.82, 2.24) is 4.90 Å². The molecule has 0 saturated carbocycles. The van der Waals surface area contributed by atoms with Crippen LogP contribution in [0, 0.1) is 5.41 Å². The van der Waals surface area contributed by atoms with Crippen molar-refractivity contribution in [2.24, 2.45) is 5.41 Å². The lowest BCUT2D eigenvalue weighted by Gasteiger charge is -2.32. The molecule has 1 fully saturated rings. The first-order valence-electron chi connectivity index (χ1n) is 7.85. The minimum atomic E-state index is -0.200. The van der Waals surface area contributed by atoms with Crippen LogP contribution in [0.25, 0.3) is 0 Å². The number of fused-ring (bicyclic) bond motifs is 1. The van der Waals surface area contributed by atoms with Crippen molar-refractivity contribution < 1.29 is 14.3 Å². The fourth-order valence-corrected chi connectivity index (χ4v) is 3.35. The average molecular weight is 281 g/mol. The monoisotopic (exact) mass is 281 g/mol. The molecular weight excluding hydrogens is 254 g/mol. The van der Waals surface area contributed by atoms with E-state index in [9.17, 15) is 4.79 Å². The van der Waals surface area contributed by atoms with Crippen molar-refractivity contribution >= 4 is 5.91 Å². The van der Waals surface area contributed by atoms with Gasteiger partial charge in [0, 0.05) is 43.7 Å². The van der Waals surface area contributed by atoms with Crippen LogP contribution in [0.15, 0.2) is 11.8 Å². The van der Waals surface area contributed by atoms with Crippen LogP contribution in [0.3, 0.4) is 0 Å². The van der Waals surface area contributed by atoms with Crippen molar-refractivity contribution in [2.75, 3.05) is 19.8 Å². The Morgan fingerprint density at radius 2 is 2.05 bits per heavy atom. The van der Waals surface area contributed by atoms with E-state index in [1.165, 1.54) is 12.1 Å². The molecule has 0 aromatic heterocycles. The molecule has 1 unspecified atom stereocenters. The molecule has 4 heteroatoms. The van der Waals surface area contributed by atoms with Crippen molar-refractivity contribution in [1.29, 1.82) is 0 Å². The van der Waals surface area contributed by atoms with Crippen LogP contribution in [0.4, 0.5) is 0 Å². The number of hydrogen-bond donors (Lipinski definition) is 0. The molecule has 1 heterocycles. The predicted octanol–water partition coefficient (Wildman–Crippen LogP) is 3.08. The third-order valence-corrected chi connectivity index (χ3v) is 4.32. The summed E-state index contributed by atoms with van der Waals surface area (Å²) in [6.07, 6.45) is 6.87. The van der Waals surface area contributed by atoms with Crippen LogP contribution in [0.1, 0.15) is 52.9 Å². The lowest BCUT2D eigenvalue weighted by atomic mass is 9.77. The summed E-state index contributed by atoms with van der Waals surface area (Å²) in [7, 11) is 0. The zero-order valence-corrected chi connectivity index (χ0v) is 13.0. The van der Waals surface area contributed by atoms with Gasteiger partial charge in [0.05, 0.1) is 0 Å². The Balaban J connectivity index is 1.98. The third-order valence-electron chi connectivity index (χ3n) is 4.32. The highest BCUT2D eigenvalue weighted by atomic mass is 16.7. The minimum absolute atomic E-state index is 0.0715. The van der Waals surface area contributed by atoms with E-state index in [2.05, 4.69) is 13.0 Å². The smallest absolute Gasteiger partial charge is 0.227 e. The van der Waals surface area contributed by atoms with Gasteiger partial charge in [0.2, 0.25) is 5.91 Å². The fourth-order valence-electron chi connectivity index (χ4n) is 3.35. The zero-order valence-electron chi connectivity index (χ0n) is 13.0. The molecule has 0 spiro atoms. The quantitative estimate of drug-likeness (QED) is 0.673. The molecule has 1 amide bonds. The summed E-state index contributed by atoms with van der Waals surface area (Å²) in [5, 5.41) is 0. The molecule has 20 heavy (non-hydrogen) atoms. The van der Waals surface area contributed by atoms with E-state index in [1.54, 1.807) is 0 Å². The molecule has 114 valence electrons. The molecule has 0 radical (unpaired) electrons. The summed E-state index contributed by atoms with van der Waals surface area (Å²) >= 11 is 0. The maximum absolute atomic E-state index is 12.3. The molecule has 1 aliphatic heterocycles. The highest BCUT2D eigenvalue weighted by molar-refractivity contribution is 5.83. The van der Waals surface area contributed by atoms with E-state index in [0.29, 0.717) is 26.2 Å². The average Bonchev–Trinajstić information content (AvgIpc) is 2.66. The van der Waals surface area contributed by atoms with E-state index in [4.69, 9.17) is 9.47 Å². The largest absolute Gasteiger partial charge is 0.353 e. The highest BCUT2D eigenvalue weighted by Gasteiger charge is 2.44. The van der Waals surface area contributed by atoms with Crippen molar-refractivity contribution in [3.63, 3.8) is 0 Å². The Hall–Kier alpha value is -0.870. The number of carbonyl (C=O) groups excluding carboxylic acids is 1. The summed E-state index contributed by atoms with van der Waals surface area (Å²) in [4.78, 5) is 14.2. The maximum Gasteiger partial charge on any atom is 0.227 e. The maximum atomic E-state index is 12.3. The van der Waals surface area contributed by atoms with Crippen molar-refractivity contribution in [3.8, 4) is 0 Å². The fraction of sp³-hybridized carbons (Fsp3) is 0.812.